The molecule has 0 bridgehead atoms. The molecule has 3 rings (SSSR count). The second-order valence-corrected chi connectivity index (χ2v) is 5.63. The van der Waals surface area contributed by atoms with Crippen LogP contribution in [0, 0.1) is 0 Å². The molecule has 2 aromatic carbocycles. The van der Waals surface area contributed by atoms with Gasteiger partial charge in [0, 0.05) is 25.3 Å². The lowest BCUT2D eigenvalue weighted by molar-refractivity contribution is 0.318. The molecular formula is C18H22N2. The van der Waals surface area contributed by atoms with Gasteiger partial charge in [0.2, 0.25) is 0 Å². The van der Waals surface area contributed by atoms with Gasteiger partial charge in [-0.2, -0.15) is 0 Å². The fourth-order valence-corrected chi connectivity index (χ4v) is 2.97. The quantitative estimate of drug-likeness (QED) is 0.908. The van der Waals surface area contributed by atoms with Crippen LogP contribution in [-0.4, -0.2) is 18.5 Å². The van der Waals surface area contributed by atoms with E-state index in [-0.39, 0.29) is 0 Å². The summed E-state index contributed by atoms with van der Waals surface area (Å²) in [6.07, 6.45) is 2.45. The lowest BCUT2D eigenvalue weighted by Gasteiger charge is -2.24. The van der Waals surface area contributed by atoms with Crippen molar-refractivity contribution in [2.24, 2.45) is 0 Å². The van der Waals surface area contributed by atoms with Crippen molar-refractivity contribution >= 4 is 5.69 Å². The molecule has 1 N–H and O–H groups in total. The van der Waals surface area contributed by atoms with E-state index in [4.69, 9.17) is 0 Å². The normalized spacial score (nSPS) is 13.9. The summed E-state index contributed by atoms with van der Waals surface area (Å²) in [5, 5.41) is 3.51. The lowest BCUT2D eigenvalue weighted by Crippen LogP contribution is -2.20. The van der Waals surface area contributed by atoms with Gasteiger partial charge < -0.3 is 5.32 Å². The molecule has 0 fully saturated rings. The molecule has 1 heterocycles. The van der Waals surface area contributed by atoms with Gasteiger partial charge in [-0.05, 0) is 42.6 Å². The molecule has 0 radical (unpaired) electrons. The number of hydrogen-bond donors (Lipinski definition) is 1. The summed E-state index contributed by atoms with van der Waals surface area (Å²) in [5.41, 5.74) is 5.69. The Kier molecular flexibility index (Phi) is 4.03. The fourth-order valence-electron chi connectivity index (χ4n) is 2.97. The van der Waals surface area contributed by atoms with Crippen LogP contribution in [0.1, 0.15) is 23.1 Å². The minimum absolute atomic E-state index is 0.998. The van der Waals surface area contributed by atoms with E-state index in [0.29, 0.717) is 0 Å². The van der Waals surface area contributed by atoms with E-state index < -0.39 is 0 Å². The van der Waals surface area contributed by atoms with Crippen molar-refractivity contribution < 1.29 is 0 Å². The molecule has 0 unspecified atom stereocenters. The van der Waals surface area contributed by atoms with Crippen molar-refractivity contribution in [3.8, 4) is 0 Å². The highest BCUT2D eigenvalue weighted by molar-refractivity contribution is 5.56. The van der Waals surface area contributed by atoms with Crippen LogP contribution >= 0.6 is 0 Å². The molecule has 1 aliphatic heterocycles. The zero-order chi connectivity index (χ0) is 13.8. The van der Waals surface area contributed by atoms with Gasteiger partial charge >= 0.3 is 0 Å². The molecular weight excluding hydrogens is 244 g/mol. The maximum atomic E-state index is 3.51. The molecule has 0 spiro atoms. The van der Waals surface area contributed by atoms with E-state index in [0.717, 1.165) is 19.6 Å². The average molecular weight is 266 g/mol. The monoisotopic (exact) mass is 266 g/mol. The van der Waals surface area contributed by atoms with Gasteiger partial charge in [0.15, 0.2) is 0 Å². The summed E-state index contributed by atoms with van der Waals surface area (Å²) in [6, 6.07) is 17.3. The SMILES string of the molecule is CN(Cc1ccccc1)Cc1cccc2c1CCCN2. The number of anilines is 1. The Morgan fingerprint density at radius 1 is 1.00 bits per heavy atom. The third kappa shape index (κ3) is 3.02. The van der Waals surface area contributed by atoms with Crippen molar-refractivity contribution in [2.75, 3.05) is 18.9 Å². The average Bonchev–Trinajstić information content (AvgIpc) is 2.48. The largest absolute Gasteiger partial charge is 0.385 e. The minimum Gasteiger partial charge on any atom is -0.385 e. The molecule has 0 aliphatic carbocycles. The molecule has 0 aromatic heterocycles. The van der Waals surface area contributed by atoms with Crippen LogP contribution in [0.4, 0.5) is 5.69 Å². The fraction of sp³-hybridized carbons (Fsp3) is 0.333. The molecule has 1 aliphatic rings. The van der Waals surface area contributed by atoms with Crippen molar-refractivity contribution in [3.05, 3.63) is 65.2 Å². The molecule has 20 heavy (non-hydrogen) atoms. The molecule has 0 saturated carbocycles. The van der Waals surface area contributed by atoms with Gasteiger partial charge in [-0.3, -0.25) is 4.90 Å². The van der Waals surface area contributed by atoms with Gasteiger partial charge in [0.1, 0.15) is 0 Å². The van der Waals surface area contributed by atoms with E-state index >= 15 is 0 Å². The van der Waals surface area contributed by atoms with Crippen molar-refractivity contribution in [2.45, 2.75) is 25.9 Å². The zero-order valence-electron chi connectivity index (χ0n) is 12.1. The highest BCUT2D eigenvalue weighted by atomic mass is 15.1. The second-order valence-electron chi connectivity index (χ2n) is 5.63. The first-order valence-corrected chi connectivity index (χ1v) is 7.40. The number of fused-ring (bicyclic) bond motifs is 1. The van der Waals surface area contributed by atoms with Gasteiger partial charge in [-0.25, -0.2) is 0 Å². The highest BCUT2D eigenvalue weighted by Gasteiger charge is 2.13. The van der Waals surface area contributed by atoms with Gasteiger partial charge in [-0.1, -0.05) is 42.5 Å². The Hall–Kier alpha value is -1.80. The number of hydrogen-bond acceptors (Lipinski definition) is 2. The smallest absolute Gasteiger partial charge is 0.0375 e. The lowest BCUT2D eigenvalue weighted by atomic mass is 9.97. The summed E-state index contributed by atoms with van der Waals surface area (Å²) in [4.78, 5) is 2.39. The van der Waals surface area contributed by atoms with Gasteiger partial charge in [0.25, 0.3) is 0 Å². The number of benzene rings is 2. The first kappa shape index (κ1) is 13.2. The number of nitrogens with one attached hydrogen (secondary N) is 1. The van der Waals surface area contributed by atoms with Gasteiger partial charge in [-0.15, -0.1) is 0 Å². The van der Waals surface area contributed by atoms with Crippen LogP contribution in [0.5, 0.6) is 0 Å². The van der Waals surface area contributed by atoms with Crippen LogP contribution in [0.15, 0.2) is 48.5 Å². The maximum Gasteiger partial charge on any atom is 0.0375 e. The Bertz CT molecular complexity index is 563. The zero-order valence-corrected chi connectivity index (χ0v) is 12.1. The van der Waals surface area contributed by atoms with Crippen LogP contribution in [0.3, 0.4) is 0 Å². The second kappa shape index (κ2) is 6.10. The standard InChI is InChI=1S/C18H22N2/c1-20(13-15-7-3-2-4-8-15)14-16-9-5-11-18-17(16)10-6-12-19-18/h2-5,7-9,11,19H,6,10,12-14H2,1H3. The van der Waals surface area contributed by atoms with E-state index in [1.54, 1.807) is 0 Å². The minimum atomic E-state index is 0.998. The van der Waals surface area contributed by atoms with Crippen molar-refractivity contribution in [1.29, 1.82) is 0 Å². The molecule has 104 valence electrons. The van der Waals surface area contributed by atoms with E-state index in [2.05, 4.69) is 65.8 Å². The van der Waals surface area contributed by atoms with Gasteiger partial charge in [0.05, 0.1) is 0 Å². The summed E-state index contributed by atoms with van der Waals surface area (Å²) in [6.45, 7) is 3.12. The van der Waals surface area contributed by atoms with Crippen LogP contribution in [0.2, 0.25) is 0 Å². The summed E-state index contributed by atoms with van der Waals surface area (Å²) >= 11 is 0. The third-order valence-corrected chi connectivity index (χ3v) is 3.93. The van der Waals surface area contributed by atoms with Crippen molar-refractivity contribution in [3.63, 3.8) is 0 Å². The van der Waals surface area contributed by atoms with Crippen LogP contribution < -0.4 is 5.32 Å². The Balaban J connectivity index is 1.71. The Morgan fingerprint density at radius 3 is 2.70 bits per heavy atom. The summed E-state index contributed by atoms with van der Waals surface area (Å²) < 4.78 is 0. The topological polar surface area (TPSA) is 15.3 Å². The molecule has 0 saturated heterocycles. The molecule has 0 atom stereocenters. The van der Waals surface area contributed by atoms with Crippen LogP contribution in [0.25, 0.3) is 0 Å². The Morgan fingerprint density at radius 2 is 1.85 bits per heavy atom. The Labute approximate surface area is 121 Å². The van der Waals surface area contributed by atoms with Crippen molar-refractivity contribution in [1.82, 2.24) is 4.90 Å². The molecule has 2 heteroatoms. The van der Waals surface area contributed by atoms with Crippen LogP contribution in [-0.2, 0) is 19.5 Å². The third-order valence-electron chi connectivity index (χ3n) is 3.93. The summed E-state index contributed by atoms with van der Waals surface area (Å²) in [5.74, 6) is 0. The molecule has 2 aromatic rings. The molecule has 0 amide bonds. The van der Waals surface area contributed by atoms with E-state index in [9.17, 15) is 0 Å². The molecule has 2 nitrogen and oxygen atoms in total. The van der Waals surface area contributed by atoms with E-state index in [1.165, 1.54) is 35.2 Å². The highest BCUT2D eigenvalue weighted by Crippen LogP contribution is 2.26. The predicted molar refractivity (Wildman–Crippen MR) is 84.9 cm³/mol. The summed E-state index contributed by atoms with van der Waals surface area (Å²) in [7, 11) is 2.20. The first-order chi connectivity index (χ1) is 9.83. The first-order valence-electron chi connectivity index (χ1n) is 7.40. The number of rotatable bonds is 4. The predicted octanol–water partition coefficient (Wildman–Crippen LogP) is 3.68. The van der Waals surface area contributed by atoms with E-state index in [1.807, 2.05) is 0 Å². The maximum absolute atomic E-state index is 3.51. The number of nitrogens with zero attached hydrogens (tertiary/aromatic N) is 1.